The van der Waals surface area contributed by atoms with Crippen molar-refractivity contribution >= 4 is 23.2 Å². The van der Waals surface area contributed by atoms with Gasteiger partial charge in [-0.1, -0.05) is 31.4 Å². The minimum atomic E-state index is -0.591. The first kappa shape index (κ1) is 15.8. The summed E-state index contributed by atoms with van der Waals surface area (Å²) in [5.41, 5.74) is 0.000787. The topological polar surface area (TPSA) is 58.2 Å². The van der Waals surface area contributed by atoms with Crippen LogP contribution in [0.25, 0.3) is 0 Å². The molecule has 5 heteroatoms. The average Bonchev–Trinajstić information content (AvgIpc) is 3.06. The van der Waals surface area contributed by atoms with E-state index in [0.717, 1.165) is 12.8 Å². The Kier molecular flexibility index (Phi) is 5.56. The van der Waals surface area contributed by atoms with Crippen LogP contribution in [0.3, 0.4) is 0 Å². The third kappa shape index (κ3) is 3.94. The number of hydrogen-bond acceptors (Lipinski definition) is 3. The molecule has 21 heavy (non-hydrogen) atoms. The molecule has 0 atom stereocenters. The molecule has 114 valence electrons. The Hall–Kier alpha value is -1.62. The third-order valence-corrected chi connectivity index (χ3v) is 5.17. The number of thiophene rings is 1. The van der Waals surface area contributed by atoms with Crippen molar-refractivity contribution in [2.24, 2.45) is 0 Å². The molecule has 0 saturated heterocycles. The summed E-state index contributed by atoms with van der Waals surface area (Å²) >= 11 is 1.74. The molecule has 0 bridgehead atoms. The number of carbonyl (C=O) groups excluding carboxylic acids is 2. The van der Waals surface area contributed by atoms with E-state index in [4.69, 9.17) is 0 Å². The van der Waals surface area contributed by atoms with Crippen molar-refractivity contribution in [1.82, 2.24) is 10.6 Å². The fourth-order valence-electron chi connectivity index (χ4n) is 2.89. The molecule has 0 aromatic carbocycles. The monoisotopic (exact) mass is 306 g/mol. The molecule has 4 nitrogen and oxygen atoms in total. The van der Waals surface area contributed by atoms with Gasteiger partial charge in [0.2, 0.25) is 0 Å². The van der Waals surface area contributed by atoms with Gasteiger partial charge in [0.15, 0.2) is 0 Å². The fraction of sp³-hybridized carbons (Fsp3) is 0.500. The molecule has 1 aliphatic rings. The Morgan fingerprint density at radius 2 is 1.95 bits per heavy atom. The second-order valence-corrected chi connectivity index (χ2v) is 6.45. The van der Waals surface area contributed by atoms with Gasteiger partial charge in [-0.25, -0.2) is 0 Å². The number of nitrogens with one attached hydrogen (secondary N) is 2. The van der Waals surface area contributed by atoms with Gasteiger partial charge < -0.3 is 10.6 Å². The molecular formula is C16H22N2O2S. The predicted octanol–water partition coefficient (Wildman–Crippen LogP) is 2.37. The summed E-state index contributed by atoms with van der Waals surface area (Å²) in [6.45, 7) is 4.35. The van der Waals surface area contributed by atoms with E-state index in [1.165, 1.54) is 24.1 Å². The highest BCUT2D eigenvalue weighted by molar-refractivity contribution is 7.10. The Labute approximate surface area is 129 Å². The Bertz CT molecular complexity index is 490. The standard InChI is InChI=1S/C16H22N2O2S/c1-2-10-17-14(19)15(20)18-12-16(8-4-3-5-9-16)13-7-6-11-21-13/h2,6-7,11H,1,3-5,8-10,12H2,(H,17,19)(H,18,20). The van der Waals surface area contributed by atoms with Crippen LogP contribution in [0, 0.1) is 0 Å². The van der Waals surface area contributed by atoms with Gasteiger partial charge >= 0.3 is 11.8 Å². The van der Waals surface area contributed by atoms with E-state index in [1.807, 2.05) is 0 Å². The lowest BCUT2D eigenvalue weighted by atomic mass is 9.73. The van der Waals surface area contributed by atoms with Crippen molar-refractivity contribution in [3.05, 3.63) is 35.0 Å². The van der Waals surface area contributed by atoms with E-state index >= 15 is 0 Å². The van der Waals surface area contributed by atoms with Crippen LogP contribution in [0.15, 0.2) is 30.2 Å². The number of hydrogen-bond donors (Lipinski definition) is 2. The van der Waals surface area contributed by atoms with Crippen molar-refractivity contribution in [2.75, 3.05) is 13.1 Å². The first-order valence-electron chi connectivity index (χ1n) is 7.39. The first-order valence-corrected chi connectivity index (χ1v) is 8.27. The molecule has 2 rings (SSSR count). The van der Waals surface area contributed by atoms with Gasteiger partial charge in [0, 0.05) is 23.4 Å². The van der Waals surface area contributed by atoms with Gasteiger partial charge in [0.25, 0.3) is 0 Å². The van der Waals surface area contributed by atoms with Crippen LogP contribution in [0.1, 0.15) is 37.0 Å². The van der Waals surface area contributed by atoms with Crippen LogP contribution in [0.2, 0.25) is 0 Å². The summed E-state index contributed by atoms with van der Waals surface area (Å²) < 4.78 is 0. The highest BCUT2D eigenvalue weighted by atomic mass is 32.1. The van der Waals surface area contributed by atoms with E-state index in [1.54, 1.807) is 17.4 Å². The molecule has 1 saturated carbocycles. The summed E-state index contributed by atoms with van der Waals surface area (Å²) in [6.07, 6.45) is 7.30. The second kappa shape index (κ2) is 7.41. The number of rotatable bonds is 5. The lowest BCUT2D eigenvalue weighted by Crippen LogP contribution is -2.46. The summed E-state index contributed by atoms with van der Waals surface area (Å²) in [5.74, 6) is -1.15. The van der Waals surface area contributed by atoms with Crippen LogP contribution in [0.5, 0.6) is 0 Å². The lowest BCUT2D eigenvalue weighted by molar-refractivity contribution is -0.139. The molecule has 0 unspecified atom stereocenters. The van der Waals surface area contributed by atoms with Crippen molar-refractivity contribution < 1.29 is 9.59 Å². The second-order valence-electron chi connectivity index (χ2n) is 5.50. The van der Waals surface area contributed by atoms with Crippen molar-refractivity contribution in [2.45, 2.75) is 37.5 Å². The summed E-state index contributed by atoms with van der Waals surface area (Å²) in [6, 6.07) is 4.19. The zero-order valence-corrected chi connectivity index (χ0v) is 13.0. The maximum absolute atomic E-state index is 11.8. The van der Waals surface area contributed by atoms with Gasteiger partial charge in [-0.3, -0.25) is 9.59 Å². The van der Waals surface area contributed by atoms with Crippen molar-refractivity contribution in [3.8, 4) is 0 Å². The summed E-state index contributed by atoms with van der Waals surface area (Å²) in [4.78, 5) is 24.8. The molecular weight excluding hydrogens is 284 g/mol. The zero-order valence-electron chi connectivity index (χ0n) is 12.2. The quantitative estimate of drug-likeness (QED) is 0.648. The molecule has 0 aliphatic heterocycles. The van der Waals surface area contributed by atoms with Crippen LogP contribution >= 0.6 is 11.3 Å². The lowest BCUT2D eigenvalue weighted by Gasteiger charge is -2.36. The minimum Gasteiger partial charge on any atom is -0.347 e. The smallest absolute Gasteiger partial charge is 0.309 e. The third-order valence-electron chi connectivity index (χ3n) is 4.06. The fourth-order valence-corrected chi connectivity index (χ4v) is 3.88. The van der Waals surface area contributed by atoms with E-state index < -0.39 is 11.8 Å². The van der Waals surface area contributed by atoms with E-state index in [9.17, 15) is 9.59 Å². The van der Waals surface area contributed by atoms with Crippen LogP contribution < -0.4 is 10.6 Å². The Morgan fingerprint density at radius 1 is 1.24 bits per heavy atom. The highest BCUT2D eigenvalue weighted by Crippen LogP contribution is 2.40. The molecule has 0 radical (unpaired) electrons. The average molecular weight is 306 g/mol. The molecule has 1 aliphatic carbocycles. The molecule has 2 N–H and O–H groups in total. The van der Waals surface area contributed by atoms with Crippen LogP contribution in [0.4, 0.5) is 0 Å². The summed E-state index contributed by atoms with van der Waals surface area (Å²) in [5, 5.41) is 7.39. The van der Waals surface area contributed by atoms with E-state index in [2.05, 4.69) is 34.7 Å². The van der Waals surface area contributed by atoms with Crippen molar-refractivity contribution in [1.29, 1.82) is 0 Å². The molecule has 1 heterocycles. The van der Waals surface area contributed by atoms with Gasteiger partial charge in [-0.15, -0.1) is 17.9 Å². The van der Waals surface area contributed by atoms with Gasteiger partial charge in [-0.05, 0) is 24.3 Å². The maximum atomic E-state index is 11.8. The minimum absolute atomic E-state index is 0.000787. The SMILES string of the molecule is C=CCNC(=O)C(=O)NCC1(c2cccs2)CCCCC1. The van der Waals surface area contributed by atoms with Crippen LogP contribution in [-0.4, -0.2) is 24.9 Å². The number of carbonyl (C=O) groups is 2. The van der Waals surface area contributed by atoms with Crippen molar-refractivity contribution in [3.63, 3.8) is 0 Å². The zero-order chi connectivity index (χ0) is 15.1. The molecule has 1 aromatic heterocycles. The highest BCUT2D eigenvalue weighted by Gasteiger charge is 2.35. The van der Waals surface area contributed by atoms with E-state index in [0.29, 0.717) is 13.1 Å². The molecule has 0 spiro atoms. The van der Waals surface area contributed by atoms with Gasteiger partial charge in [0.05, 0.1) is 0 Å². The molecule has 2 amide bonds. The molecule has 1 aromatic rings. The normalized spacial score (nSPS) is 17.0. The number of amides is 2. The van der Waals surface area contributed by atoms with Crippen LogP contribution in [-0.2, 0) is 15.0 Å². The van der Waals surface area contributed by atoms with Gasteiger partial charge in [0.1, 0.15) is 0 Å². The predicted molar refractivity (Wildman–Crippen MR) is 85.3 cm³/mol. The first-order chi connectivity index (χ1) is 10.2. The Balaban J connectivity index is 1.98. The van der Waals surface area contributed by atoms with E-state index in [-0.39, 0.29) is 5.41 Å². The largest absolute Gasteiger partial charge is 0.347 e. The maximum Gasteiger partial charge on any atom is 0.309 e. The Morgan fingerprint density at radius 3 is 2.57 bits per heavy atom. The molecule has 1 fully saturated rings. The summed E-state index contributed by atoms with van der Waals surface area (Å²) in [7, 11) is 0. The van der Waals surface area contributed by atoms with Gasteiger partial charge in [-0.2, -0.15) is 0 Å².